The second-order valence-corrected chi connectivity index (χ2v) is 6.30. The van der Waals surface area contributed by atoms with Crippen LogP contribution < -0.4 is 10.6 Å². The van der Waals surface area contributed by atoms with Gasteiger partial charge in [-0.25, -0.2) is 4.98 Å². The lowest BCUT2D eigenvalue weighted by Crippen LogP contribution is -2.06. The third-order valence-corrected chi connectivity index (χ3v) is 4.01. The SMILES string of the molecule is Cc1cccc(C(C)C)c1Nc1ccnc(NCc2cccnc2)n1. The molecule has 0 saturated heterocycles. The van der Waals surface area contributed by atoms with Crippen molar-refractivity contribution in [3.8, 4) is 0 Å². The Morgan fingerprint density at radius 1 is 1.04 bits per heavy atom. The molecule has 25 heavy (non-hydrogen) atoms. The molecule has 0 radical (unpaired) electrons. The number of hydrogen-bond donors (Lipinski definition) is 2. The second-order valence-electron chi connectivity index (χ2n) is 6.30. The van der Waals surface area contributed by atoms with Gasteiger partial charge < -0.3 is 10.6 Å². The van der Waals surface area contributed by atoms with Gasteiger partial charge in [0.1, 0.15) is 5.82 Å². The molecule has 0 fully saturated rings. The van der Waals surface area contributed by atoms with Crippen LogP contribution in [-0.2, 0) is 6.54 Å². The minimum atomic E-state index is 0.437. The highest BCUT2D eigenvalue weighted by molar-refractivity contribution is 5.65. The number of benzene rings is 1. The standard InChI is InChI=1S/C20H23N5/c1-14(2)17-8-4-6-15(3)19(17)24-18-9-11-22-20(25-18)23-13-16-7-5-10-21-12-16/h4-12,14H,13H2,1-3H3,(H2,22,23,24,25). The Hall–Kier alpha value is -2.95. The number of aryl methyl sites for hydroxylation is 1. The number of para-hydroxylation sites is 1. The van der Waals surface area contributed by atoms with E-state index in [4.69, 9.17) is 0 Å². The fraction of sp³-hybridized carbons (Fsp3) is 0.250. The maximum atomic E-state index is 4.57. The first-order chi connectivity index (χ1) is 12.1. The topological polar surface area (TPSA) is 62.7 Å². The summed E-state index contributed by atoms with van der Waals surface area (Å²) in [6.45, 7) is 7.14. The summed E-state index contributed by atoms with van der Waals surface area (Å²) in [5.41, 5.74) is 4.69. The molecule has 128 valence electrons. The first-order valence-corrected chi connectivity index (χ1v) is 8.46. The second kappa shape index (κ2) is 7.75. The molecule has 1 aromatic carbocycles. The molecule has 0 aliphatic carbocycles. The Morgan fingerprint density at radius 3 is 2.68 bits per heavy atom. The van der Waals surface area contributed by atoms with Crippen molar-refractivity contribution in [1.82, 2.24) is 15.0 Å². The summed E-state index contributed by atoms with van der Waals surface area (Å²) >= 11 is 0. The van der Waals surface area contributed by atoms with Gasteiger partial charge in [-0.3, -0.25) is 4.98 Å². The zero-order valence-electron chi connectivity index (χ0n) is 14.8. The smallest absolute Gasteiger partial charge is 0.224 e. The van der Waals surface area contributed by atoms with Crippen molar-refractivity contribution in [3.05, 3.63) is 71.7 Å². The Morgan fingerprint density at radius 2 is 1.92 bits per heavy atom. The molecular weight excluding hydrogens is 310 g/mol. The molecule has 3 aromatic rings. The van der Waals surface area contributed by atoms with E-state index in [-0.39, 0.29) is 0 Å². The molecule has 0 bridgehead atoms. The lowest BCUT2D eigenvalue weighted by Gasteiger charge is -2.17. The predicted octanol–water partition coefficient (Wildman–Crippen LogP) is 4.66. The van der Waals surface area contributed by atoms with E-state index in [0.29, 0.717) is 18.4 Å². The van der Waals surface area contributed by atoms with Crippen molar-refractivity contribution < 1.29 is 0 Å². The molecule has 2 heterocycles. The van der Waals surface area contributed by atoms with E-state index in [1.807, 2.05) is 24.4 Å². The summed E-state index contributed by atoms with van der Waals surface area (Å²) in [6.07, 6.45) is 5.35. The molecule has 0 amide bonds. The lowest BCUT2D eigenvalue weighted by molar-refractivity contribution is 0.867. The zero-order valence-corrected chi connectivity index (χ0v) is 14.8. The summed E-state index contributed by atoms with van der Waals surface area (Å²) in [5.74, 6) is 1.81. The quantitative estimate of drug-likeness (QED) is 0.687. The summed E-state index contributed by atoms with van der Waals surface area (Å²) < 4.78 is 0. The van der Waals surface area contributed by atoms with Crippen molar-refractivity contribution in [3.63, 3.8) is 0 Å². The number of hydrogen-bond acceptors (Lipinski definition) is 5. The van der Waals surface area contributed by atoms with Crippen molar-refractivity contribution >= 4 is 17.5 Å². The lowest BCUT2D eigenvalue weighted by atomic mass is 9.98. The average Bonchev–Trinajstić information content (AvgIpc) is 2.63. The predicted molar refractivity (Wildman–Crippen MR) is 102 cm³/mol. The average molecular weight is 333 g/mol. The Kier molecular flexibility index (Phi) is 5.23. The van der Waals surface area contributed by atoms with Gasteiger partial charge in [0.2, 0.25) is 5.95 Å². The van der Waals surface area contributed by atoms with Crippen molar-refractivity contribution in [2.45, 2.75) is 33.2 Å². The summed E-state index contributed by atoms with van der Waals surface area (Å²) in [7, 11) is 0. The molecule has 5 heteroatoms. The van der Waals surface area contributed by atoms with E-state index < -0.39 is 0 Å². The van der Waals surface area contributed by atoms with Crippen LogP contribution in [0.15, 0.2) is 55.0 Å². The van der Waals surface area contributed by atoms with Crippen LogP contribution in [0, 0.1) is 6.92 Å². The molecule has 0 atom stereocenters. The molecule has 5 nitrogen and oxygen atoms in total. The summed E-state index contributed by atoms with van der Waals surface area (Å²) in [4.78, 5) is 13.0. The number of rotatable bonds is 6. The van der Waals surface area contributed by atoms with Gasteiger partial charge in [-0.15, -0.1) is 0 Å². The normalized spacial score (nSPS) is 10.7. The van der Waals surface area contributed by atoms with Gasteiger partial charge in [-0.05, 0) is 41.7 Å². The van der Waals surface area contributed by atoms with Crippen molar-refractivity contribution in [2.24, 2.45) is 0 Å². The highest BCUT2D eigenvalue weighted by atomic mass is 15.1. The van der Waals surface area contributed by atoms with Gasteiger partial charge in [-0.2, -0.15) is 4.98 Å². The van der Waals surface area contributed by atoms with Gasteiger partial charge in [0.05, 0.1) is 0 Å². The van der Waals surface area contributed by atoms with Crippen LogP contribution in [0.5, 0.6) is 0 Å². The van der Waals surface area contributed by atoms with Gasteiger partial charge in [-0.1, -0.05) is 38.1 Å². The minimum absolute atomic E-state index is 0.437. The first-order valence-electron chi connectivity index (χ1n) is 8.46. The monoisotopic (exact) mass is 333 g/mol. The fourth-order valence-corrected chi connectivity index (χ4v) is 2.67. The van der Waals surface area contributed by atoms with Crippen LogP contribution in [-0.4, -0.2) is 15.0 Å². The first kappa shape index (κ1) is 16.9. The van der Waals surface area contributed by atoms with Gasteiger partial charge in [0, 0.05) is 30.8 Å². The number of aromatic nitrogens is 3. The molecule has 0 aliphatic rings. The number of nitrogens with zero attached hydrogens (tertiary/aromatic N) is 3. The number of nitrogens with one attached hydrogen (secondary N) is 2. The molecule has 0 unspecified atom stereocenters. The number of anilines is 3. The summed E-state index contributed by atoms with van der Waals surface area (Å²) in [6, 6.07) is 12.2. The molecule has 0 saturated carbocycles. The third-order valence-electron chi connectivity index (χ3n) is 4.01. The fourth-order valence-electron chi connectivity index (χ4n) is 2.67. The van der Waals surface area contributed by atoms with E-state index in [1.165, 1.54) is 11.1 Å². The van der Waals surface area contributed by atoms with E-state index in [1.54, 1.807) is 12.4 Å². The van der Waals surface area contributed by atoms with Gasteiger partial charge in [0.25, 0.3) is 0 Å². The van der Waals surface area contributed by atoms with E-state index in [0.717, 1.165) is 17.1 Å². The Balaban J connectivity index is 1.76. The van der Waals surface area contributed by atoms with Crippen molar-refractivity contribution in [1.29, 1.82) is 0 Å². The molecule has 3 rings (SSSR count). The largest absolute Gasteiger partial charge is 0.350 e. The molecule has 2 aromatic heterocycles. The number of pyridine rings is 1. The van der Waals surface area contributed by atoms with Crippen molar-refractivity contribution in [2.75, 3.05) is 10.6 Å². The minimum Gasteiger partial charge on any atom is -0.350 e. The van der Waals surface area contributed by atoms with Crippen LogP contribution in [0.2, 0.25) is 0 Å². The molecule has 0 aliphatic heterocycles. The molecular formula is C20H23N5. The molecule has 2 N–H and O–H groups in total. The highest BCUT2D eigenvalue weighted by Crippen LogP contribution is 2.29. The van der Waals surface area contributed by atoms with Gasteiger partial charge >= 0.3 is 0 Å². The van der Waals surface area contributed by atoms with Crippen LogP contribution >= 0.6 is 0 Å². The van der Waals surface area contributed by atoms with Crippen LogP contribution in [0.1, 0.15) is 36.5 Å². The molecule has 0 spiro atoms. The Bertz CT molecular complexity index is 830. The van der Waals surface area contributed by atoms with E-state index in [2.05, 4.69) is 64.6 Å². The van der Waals surface area contributed by atoms with Crippen LogP contribution in [0.25, 0.3) is 0 Å². The third kappa shape index (κ3) is 4.32. The van der Waals surface area contributed by atoms with Crippen LogP contribution in [0.4, 0.5) is 17.5 Å². The highest BCUT2D eigenvalue weighted by Gasteiger charge is 2.10. The van der Waals surface area contributed by atoms with E-state index in [9.17, 15) is 0 Å². The maximum Gasteiger partial charge on any atom is 0.224 e. The van der Waals surface area contributed by atoms with Gasteiger partial charge in [0.15, 0.2) is 0 Å². The Labute approximate surface area is 148 Å². The zero-order chi connectivity index (χ0) is 17.6. The summed E-state index contributed by atoms with van der Waals surface area (Å²) in [5, 5.41) is 6.69. The van der Waals surface area contributed by atoms with E-state index >= 15 is 0 Å². The maximum absolute atomic E-state index is 4.57. The van der Waals surface area contributed by atoms with Crippen LogP contribution in [0.3, 0.4) is 0 Å².